The van der Waals surface area contributed by atoms with E-state index in [1.54, 1.807) is 0 Å². The Labute approximate surface area is 353 Å². The molecule has 0 saturated heterocycles. The molecule has 0 spiro atoms. The Balaban J connectivity index is 0.850. The van der Waals surface area contributed by atoms with Gasteiger partial charge in [0.05, 0.1) is 34.1 Å². The van der Waals surface area contributed by atoms with Crippen molar-refractivity contribution in [3.05, 3.63) is 227 Å². The lowest BCUT2D eigenvalue weighted by atomic mass is 9.73. The molecule has 4 heterocycles. The van der Waals surface area contributed by atoms with Gasteiger partial charge in [0.2, 0.25) is 0 Å². The number of hydrogen-bond acceptors (Lipinski definition) is 4. The zero-order valence-corrected chi connectivity index (χ0v) is 34.4. The van der Waals surface area contributed by atoms with Crippen molar-refractivity contribution in [3.63, 3.8) is 0 Å². The van der Waals surface area contributed by atoms with Gasteiger partial charge in [-0.3, -0.25) is 9.97 Å². The lowest BCUT2D eigenvalue weighted by Crippen LogP contribution is -2.30. The fourth-order valence-corrected chi connectivity index (χ4v) is 9.13. The van der Waals surface area contributed by atoms with Crippen LogP contribution in [0.1, 0.15) is 72.2 Å². The number of anilines is 6. The summed E-state index contributed by atoms with van der Waals surface area (Å²) < 4.78 is 0. The van der Waals surface area contributed by atoms with Crippen molar-refractivity contribution < 1.29 is 0 Å². The monoisotopic (exact) mass is 774 g/mol. The number of pyridine rings is 2. The van der Waals surface area contributed by atoms with Crippen LogP contribution in [0.3, 0.4) is 0 Å². The van der Waals surface area contributed by atoms with Gasteiger partial charge in [-0.05, 0) is 117 Å². The van der Waals surface area contributed by atoms with Crippen LogP contribution in [0.25, 0.3) is 35.7 Å². The van der Waals surface area contributed by atoms with Crippen LogP contribution >= 0.6 is 0 Å². The molecule has 0 fully saturated rings. The van der Waals surface area contributed by atoms with E-state index in [1.165, 1.54) is 45.0 Å². The summed E-state index contributed by atoms with van der Waals surface area (Å²) in [6.07, 6.45) is 12.3. The molecule has 0 radical (unpaired) electrons. The van der Waals surface area contributed by atoms with Gasteiger partial charge in [-0.1, -0.05) is 149 Å². The van der Waals surface area contributed by atoms with Gasteiger partial charge in [0, 0.05) is 34.6 Å². The summed E-state index contributed by atoms with van der Waals surface area (Å²) in [7, 11) is 0. The van der Waals surface area contributed by atoms with Gasteiger partial charge >= 0.3 is 0 Å². The van der Waals surface area contributed by atoms with Crippen molar-refractivity contribution >= 4 is 58.4 Å². The summed E-state index contributed by atoms with van der Waals surface area (Å²) in [6, 6.07) is 61.0. The highest BCUT2D eigenvalue weighted by atomic mass is 15.2. The SMILES string of the molecule is CC1(C)c2ccccc2N(c2ccc(/C=C/c3ccnc(-c4cc(/C=C/c5ccc(N6c7ccccc7C(C)(C)c7ccccc76)cc5)ccn4)c3)cc2)c2ccccc21. The van der Waals surface area contributed by atoms with E-state index in [2.05, 4.69) is 220 Å². The third-order valence-corrected chi connectivity index (χ3v) is 12.3. The number of rotatable bonds is 7. The van der Waals surface area contributed by atoms with Crippen molar-refractivity contribution in [2.45, 2.75) is 38.5 Å². The molecule has 2 aromatic heterocycles. The topological polar surface area (TPSA) is 32.3 Å². The molecule has 0 saturated carbocycles. The highest BCUT2D eigenvalue weighted by Gasteiger charge is 2.37. The first-order valence-corrected chi connectivity index (χ1v) is 20.7. The highest BCUT2D eigenvalue weighted by molar-refractivity contribution is 5.88. The molecule has 0 unspecified atom stereocenters. The van der Waals surface area contributed by atoms with E-state index in [-0.39, 0.29) is 10.8 Å². The van der Waals surface area contributed by atoms with Crippen LogP contribution in [0.2, 0.25) is 0 Å². The number of hydrogen-bond donors (Lipinski definition) is 0. The van der Waals surface area contributed by atoms with Gasteiger partial charge in [-0.25, -0.2) is 0 Å². The molecule has 0 amide bonds. The first-order valence-electron chi connectivity index (χ1n) is 20.7. The normalized spacial score (nSPS) is 14.7. The number of fused-ring (bicyclic) bond motifs is 4. The Morgan fingerprint density at radius 1 is 0.350 bits per heavy atom. The number of aromatic nitrogens is 2. The van der Waals surface area contributed by atoms with Crippen molar-refractivity contribution in [1.29, 1.82) is 0 Å². The van der Waals surface area contributed by atoms with Gasteiger partial charge in [0.25, 0.3) is 0 Å². The molecular weight excluding hydrogens is 729 g/mol. The fourth-order valence-electron chi connectivity index (χ4n) is 9.13. The molecule has 4 heteroatoms. The van der Waals surface area contributed by atoms with Crippen LogP contribution in [-0.4, -0.2) is 9.97 Å². The van der Waals surface area contributed by atoms with E-state index in [0.29, 0.717) is 0 Å². The Morgan fingerprint density at radius 2 is 0.650 bits per heavy atom. The van der Waals surface area contributed by atoms with Crippen molar-refractivity contribution in [1.82, 2.24) is 9.97 Å². The van der Waals surface area contributed by atoms with E-state index in [9.17, 15) is 0 Å². The summed E-state index contributed by atoms with van der Waals surface area (Å²) in [5.74, 6) is 0. The Hall–Kier alpha value is -7.30. The van der Waals surface area contributed by atoms with E-state index >= 15 is 0 Å². The first-order chi connectivity index (χ1) is 29.3. The Morgan fingerprint density at radius 3 is 0.983 bits per heavy atom. The van der Waals surface area contributed by atoms with Gasteiger partial charge in [-0.15, -0.1) is 0 Å². The predicted molar refractivity (Wildman–Crippen MR) is 252 cm³/mol. The summed E-state index contributed by atoms with van der Waals surface area (Å²) in [5, 5.41) is 0. The van der Waals surface area contributed by atoms with E-state index in [0.717, 1.165) is 45.0 Å². The fraction of sp³-hybridized carbons (Fsp3) is 0.107. The predicted octanol–water partition coefficient (Wildman–Crippen LogP) is 14.7. The second-order valence-electron chi connectivity index (χ2n) is 16.8. The lowest BCUT2D eigenvalue weighted by molar-refractivity contribution is 0.632. The quantitative estimate of drug-likeness (QED) is 0.161. The van der Waals surface area contributed by atoms with E-state index < -0.39 is 0 Å². The minimum absolute atomic E-state index is 0.0785. The molecule has 6 aromatic carbocycles. The zero-order chi connectivity index (χ0) is 40.8. The van der Waals surface area contributed by atoms with E-state index in [1.807, 2.05) is 24.5 Å². The van der Waals surface area contributed by atoms with Crippen LogP contribution in [0.15, 0.2) is 182 Å². The maximum absolute atomic E-state index is 4.70. The molecule has 2 aliphatic rings. The minimum Gasteiger partial charge on any atom is -0.310 e. The molecule has 4 nitrogen and oxygen atoms in total. The zero-order valence-electron chi connectivity index (χ0n) is 34.4. The smallest absolute Gasteiger partial charge is 0.0892 e. The molecule has 0 atom stereocenters. The molecule has 0 aliphatic carbocycles. The van der Waals surface area contributed by atoms with Crippen LogP contribution < -0.4 is 9.80 Å². The van der Waals surface area contributed by atoms with Crippen LogP contribution in [0, 0.1) is 0 Å². The molecule has 0 N–H and O–H groups in total. The number of nitrogens with zero attached hydrogens (tertiary/aromatic N) is 4. The molecule has 10 rings (SSSR count). The maximum atomic E-state index is 4.70. The van der Waals surface area contributed by atoms with Gasteiger partial charge in [0.15, 0.2) is 0 Å². The molecular formula is C56H46N4. The number of benzene rings is 6. The van der Waals surface area contributed by atoms with Gasteiger partial charge in [0.1, 0.15) is 0 Å². The Bertz CT molecular complexity index is 2630. The van der Waals surface area contributed by atoms with E-state index in [4.69, 9.17) is 9.97 Å². The summed E-state index contributed by atoms with van der Waals surface area (Å²) in [4.78, 5) is 14.2. The second-order valence-corrected chi connectivity index (χ2v) is 16.8. The summed E-state index contributed by atoms with van der Waals surface area (Å²) in [6.45, 7) is 9.28. The lowest BCUT2D eigenvalue weighted by Gasteiger charge is -2.42. The third kappa shape index (κ3) is 6.51. The molecule has 290 valence electrons. The van der Waals surface area contributed by atoms with Crippen molar-refractivity contribution in [2.24, 2.45) is 0 Å². The Kier molecular flexibility index (Phi) is 9.14. The van der Waals surface area contributed by atoms with Crippen molar-refractivity contribution in [2.75, 3.05) is 9.80 Å². The summed E-state index contributed by atoms with van der Waals surface area (Å²) in [5.41, 5.74) is 18.4. The molecule has 8 aromatic rings. The number of para-hydroxylation sites is 4. The second kappa shape index (κ2) is 14.8. The highest BCUT2D eigenvalue weighted by Crippen LogP contribution is 2.53. The molecule has 60 heavy (non-hydrogen) atoms. The van der Waals surface area contributed by atoms with Gasteiger partial charge < -0.3 is 9.80 Å². The first kappa shape index (κ1) is 37.0. The molecule has 2 aliphatic heterocycles. The summed E-state index contributed by atoms with van der Waals surface area (Å²) >= 11 is 0. The average Bonchev–Trinajstić information content (AvgIpc) is 3.29. The van der Waals surface area contributed by atoms with Crippen LogP contribution in [0.4, 0.5) is 34.1 Å². The van der Waals surface area contributed by atoms with Gasteiger partial charge in [-0.2, -0.15) is 0 Å². The minimum atomic E-state index is -0.0785. The third-order valence-electron chi connectivity index (χ3n) is 12.3. The maximum Gasteiger partial charge on any atom is 0.0892 e. The van der Waals surface area contributed by atoms with Crippen LogP contribution in [0.5, 0.6) is 0 Å². The standard InChI is InChI=1S/C56H46N4/c1-55(2)45-13-5-9-17-51(45)59(52-18-10-6-14-46(52)55)43-29-25-39(26-30-43)21-23-41-33-35-57-49(37-41)50-38-42(34-36-58-50)24-22-40-27-31-44(32-28-40)60-53-19-11-7-15-47(53)56(3,4)48-16-8-12-20-54(48)60/h5-38H,1-4H3/b23-21+,24-22+. The largest absolute Gasteiger partial charge is 0.310 e. The van der Waals surface area contributed by atoms with Crippen molar-refractivity contribution in [3.8, 4) is 11.4 Å². The van der Waals surface area contributed by atoms with Crippen LogP contribution in [-0.2, 0) is 10.8 Å². The average molecular weight is 775 g/mol. The molecule has 0 bridgehead atoms.